The molecule has 6 nitrogen and oxygen atoms in total. The molecule has 1 amide bonds. The maximum Gasteiger partial charge on any atom is 0.240 e. The number of carbonyl (C=O) groups is 1. The molecular formula is C14H20N4O2. The molecule has 0 unspecified atom stereocenters. The Morgan fingerprint density at radius 3 is 3.00 bits per heavy atom. The SMILES string of the molecule is Cc1oc(NC(=O)CN2CCNC[C@@H]2C)c(C#N)c1C. The van der Waals surface area contributed by atoms with E-state index >= 15 is 0 Å². The number of hydrogen-bond donors (Lipinski definition) is 2. The van der Waals surface area contributed by atoms with Gasteiger partial charge in [0.1, 0.15) is 17.4 Å². The molecule has 108 valence electrons. The Kier molecular flexibility index (Phi) is 4.42. The predicted molar refractivity (Wildman–Crippen MR) is 75.4 cm³/mol. The average Bonchev–Trinajstić information content (AvgIpc) is 2.67. The van der Waals surface area contributed by atoms with Gasteiger partial charge in [0, 0.05) is 31.2 Å². The monoisotopic (exact) mass is 276 g/mol. The Labute approximate surface area is 118 Å². The van der Waals surface area contributed by atoms with Crippen LogP contribution < -0.4 is 10.6 Å². The molecular weight excluding hydrogens is 256 g/mol. The number of piperazine rings is 1. The number of carbonyl (C=O) groups excluding carboxylic acids is 1. The lowest BCUT2D eigenvalue weighted by Crippen LogP contribution is -2.52. The summed E-state index contributed by atoms with van der Waals surface area (Å²) < 4.78 is 5.44. The number of nitrogens with one attached hydrogen (secondary N) is 2. The van der Waals surface area contributed by atoms with Crippen LogP contribution in [0.1, 0.15) is 23.8 Å². The highest BCUT2D eigenvalue weighted by atomic mass is 16.4. The molecule has 0 aromatic carbocycles. The van der Waals surface area contributed by atoms with Crippen molar-refractivity contribution in [2.75, 3.05) is 31.5 Å². The van der Waals surface area contributed by atoms with Gasteiger partial charge in [0.15, 0.2) is 0 Å². The first-order valence-corrected chi connectivity index (χ1v) is 6.77. The van der Waals surface area contributed by atoms with Crippen molar-refractivity contribution in [2.24, 2.45) is 0 Å². The number of aryl methyl sites for hydroxylation is 1. The molecule has 0 aliphatic carbocycles. The maximum absolute atomic E-state index is 12.1. The number of anilines is 1. The average molecular weight is 276 g/mol. The summed E-state index contributed by atoms with van der Waals surface area (Å²) in [6, 6.07) is 2.39. The predicted octanol–water partition coefficient (Wildman–Crippen LogP) is 1.00. The molecule has 1 fully saturated rings. The molecule has 1 atom stereocenters. The van der Waals surface area contributed by atoms with Gasteiger partial charge >= 0.3 is 0 Å². The summed E-state index contributed by atoms with van der Waals surface area (Å²) in [5.74, 6) is 0.770. The zero-order valence-corrected chi connectivity index (χ0v) is 12.1. The molecule has 1 aliphatic rings. The molecule has 1 saturated heterocycles. The van der Waals surface area contributed by atoms with Gasteiger partial charge in [0.05, 0.1) is 6.54 Å². The van der Waals surface area contributed by atoms with Crippen molar-refractivity contribution in [2.45, 2.75) is 26.8 Å². The third-order valence-corrected chi connectivity index (χ3v) is 3.74. The summed E-state index contributed by atoms with van der Waals surface area (Å²) in [5, 5.41) is 15.1. The van der Waals surface area contributed by atoms with Crippen molar-refractivity contribution in [3.05, 3.63) is 16.9 Å². The van der Waals surface area contributed by atoms with Gasteiger partial charge in [-0.15, -0.1) is 0 Å². The van der Waals surface area contributed by atoms with Crippen LogP contribution in [0.25, 0.3) is 0 Å². The van der Waals surface area contributed by atoms with Crippen LogP contribution in [0.5, 0.6) is 0 Å². The number of nitrogens with zero attached hydrogens (tertiary/aromatic N) is 2. The second kappa shape index (κ2) is 6.07. The topological polar surface area (TPSA) is 81.3 Å². The van der Waals surface area contributed by atoms with Gasteiger partial charge in [-0.3, -0.25) is 15.0 Å². The van der Waals surface area contributed by atoms with Crippen LogP contribution in [0.4, 0.5) is 5.88 Å². The van der Waals surface area contributed by atoms with Crippen molar-refractivity contribution < 1.29 is 9.21 Å². The number of hydrogen-bond acceptors (Lipinski definition) is 5. The van der Waals surface area contributed by atoms with Crippen LogP contribution in [-0.4, -0.2) is 43.0 Å². The first kappa shape index (κ1) is 14.6. The van der Waals surface area contributed by atoms with Gasteiger partial charge in [-0.25, -0.2) is 0 Å². The van der Waals surface area contributed by atoms with Crippen LogP contribution >= 0.6 is 0 Å². The van der Waals surface area contributed by atoms with E-state index in [-0.39, 0.29) is 11.8 Å². The van der Waals surface area contributed by atoms with Crippen molar-refractivity contribution in [1.29, 1.82) is 5.26 Å². The van der Waals surface area contributed by atoms with Crippen molar-refractivity contribution in [3.8, 4) is 6.07 Å². The highest BCUT2D eigenvalue weighted by molar-refractivity contribution is 5.92. The molecule has 6 heteroatoms. The lowest BCUT2D eigenvalue weighted by atomic mass is 10.2. The third-order valence-electron chi connectivity index (χ3n) is 3.74. The van der Waals surface area contributed by atoms with E-state index in [0.29, 0.717) is 23.9 Å². The standard InChI is InChI=1S/C14H20N4O2/c1-9-7-16-4-5-18(9)8-13(19)17-14-12(6-15)10(2)11(3)20-14/h9,16H,4-5,7-8H2,1-3H3,(H,17,19)/t9-/m0/s1. The molecule has 2 heterocycles. The Morgan fingerprint density at radius 1 is 1.60 bits per heavy atom. The summed E-state index contributed by atoms with van der Waals surface area (Å²) >= 11 is 0. The first-order chi connectivity index (χ1) is 9.52. The highest BCUT2D eigenvalue weighted by Gasteiger charge is 2.22. The normalized spacial score (nSPS) is 19.6. The van der Waals surface area contributed by atoms with Crippen LogP contribution in [0, 0.1) is 25.2 Å². The largest absolute Gasteiger partial charge is 0.444 e. The molecule has 20 heavy (non-hydrogen) atoms. The minimum absolute atomic E-state index is 0.149. The van der Waals surface area contributed by atoms with E-state index in [1.807, 2.05) is 6.92 Å². The second-order valence-corrected chi connectivity index (χ2v) is 5.17. The molecule has 2 N–H and O–H groups in total. The van der Waals surface area contributed by atoms with E-state index < -0.39 is 0 Å². The summed E-state index contributed by atoms with van der Waals surface area (Å²) in [4.78, 5) is 14.2. The maximum atomic E-state index is 12.1. The smallest absolute Gasteiger partial charge is 0.240 e. The molecule has 0 bridgehead atoms. The highest BCUT2D eigenvalue weighted by Crippen LogP contribution is 2.25. The number of nitriles is 1. The van der Waals surface area contributed by atoms with Crippen LogP contribution in [0.15, 0.2) is 4.42 Å². The van der Waals surface area contributed by atoms with Crippen molar-refractivity contribution >= 4 is 11.8 Å². The van der Waals surface area contributed by atoms with Crippen molar-refractivity contribution in [3.63, 3.8) is 0 Å². The summed E-state index contributed by atoms with van der Waals surface area (Å²) in [7, 11) is 0. The van der Waals surface area contributed by atoms with Crippen LogP contribution in [-0.2, 0) is 4.79 Å². The Bertz CT molecular complexity index is 544. The van der Waals surface area contributed by atoms with E-state index in [2.05, 4.69) is 28.5 Å². The van der Waals surface area contributed by atoms with E-state index in [1.165, 1.54) is 0 Å². The van der Waals surface area contributed by atoms with Gasteiger partial charge in [-0.1, -0.05) is 0 Å². The zero-order chi connectivity index (χ0) is 14.7. The number of rotatable bonds is 3. The van der Waals surface area contributed by atoms with Crippen LogP contribution in [0.2, 0.25) is 0 Å². The van der Waals surface area contributed by atoms with Gasteiger partial charge in [-0.2, -0.15) is 5.26 Å². The minimum Gasteiger partial charge on any atom is -0.444 e. The molecule has 0 spiro atoms. The van der Waals surface area contributed by atoms with Crippen LogP contribution in [0.3, 0.4) is 0 Å². The van der Waals surface area contributed by atoms with Gasteiger partial charge in [-0.05, 0) is 20.8 Å². The third kappa shape index (κ3) is 3.00. The van der Waals surface area contributed by atoms with Gasteiger partial charge in [0.2, 0.25) is 11.8 Å². The molecule has 2 rings (SSSR count). The summed E-state index contributed by atoms with van der Waals surface area (Å²) in [6.07, 6.45) is 0. The van der Waals surface area contributed by atoms with E-state index in [4.69, 9.17) is 9.68 Å². The fourth-order valence-electron chi connectivity index (χ4n) is 2.32. The van der Waals surface area contributed by atoms with E-state index in [1.54, 1.807) is 6.92 Å². The lowest BCUT2D eigenvalue weighted by Gasteiger charge is -2.33. The van der Waals surface area contributed by atoms with Crippen molar-refractivity contribution in [1.82, 2.24) is 10.2 Å². The Morgan fingerprint density at radius 2 is 2.35 bits per heavy atom. The first-order valence-electron chi connectivity index (χ1n) is 6.77. The van der Waals surface area contributed by atoms with E-state index in [9.17, 15) is 4.79 Å². The number of amides is 1. The molecule has 1 aromatic heterocycles. The molecule has 1 aliphatic heterocycles. The minimum atomic E-state index is -0.149. The van der Waals surface area contributed by atoms with Gasteiger partial charge < -0.3 is 9.73 Å². The Balaban J connectivity index is 2.01. The fourth-order valence-corrected chi connectivity index (χ4v) is 2.32. The fraction of sp³-hybridized carbons (Fsp3) is 0.571. The second-order valence-electron chi connectivity index (χ2n) is 5.17. The molecule has 1 aromatic rings. The zero-order valence-electron chi connectivity index (χ0n) is 12.1. The quantitative estimate of drug-likeness (QED) is 0.860. The van der Waals surface area contributed by atoms with E-state index in [0.717, 1.165) is 25.2 Å². The number of furan rings is 1. The summed E-state index contributed by atoms with van der Waals surface area (Å²) in [5.41, 5.74) is 1.18. The van der Waals surface area contributed by atoms with Gasteiger partial charge in [0.25, 0.3) is 0 Å². The lowest BCUT2D eigenvalue weighted by molar-refractivity contribution is -0.118. The summed E-state index contributed by atoms with van der Waals surface area (Å²) in [6.45, 7) is 8.61. The molecule has 0 radical (unpaired) electrons. The Hall–Kier alpha value is -1.84. The molecule has 0 saturated carbocycles.